The fourth-order valence-corrected chi connectivity index (χ4v) is 3.51. The van der Waals surface area contributed by atoms with Gasteiger partial charge in [-0.1, -0.05) is 29.5 Å². The van der Waals surface area contributed by atoms with E-state index >= 15 is 0 Å². The summed E-state index contributed by atoms with van der Waals surface area (Å²) >= 11 is 1.16. The molecular weight excluding hydrogens is 350 g/mol. The first-order valence-corrected chi connectivity index (χ1v) is 9.85. The number of nitrogens with two attached hydrogens (primary N) is 1. The number of hydrogen-bond donors (Lipinski definition) is 1. The van der Waals surface area contributed by atoms with Crippen molar-refractivity contribution in [2.75, 3.05) is 16.3 Å². The number of carbonyl (C=O) groups excluding carboxylic acids is 1. The van der Waals surface area contributed by atoms with Crippen LogP contribution in [0.25, 0.3) is 0 Å². The Morgan fingerprint density at radius 3 is 2.46 bits per heavy atom. The molecule has 1 amide bonds. The van der Waals surface area contributed by atoms with Gasteiger partial charge in [0.15, 0.2) is 11.0 Å². The van der Waals surface area contributed by atoms with Gasteiger partial charge in [-0.15, -0.1) is 10.2 Å². The number of amides is 1. The molecule has 0 aliphatic carbocycles. The quantitative estimate of drug-likeness (QED) is 0.718. The Labute approximate surface area is 145 Å². The number of benzene rings is 1. The molecule has 2 aromatic rings. The molecule has 2 N–H and O–H groups in total. The molecule has 0 saturated carbocycles. The number of thioether (sulfide) groups is 1. The molecule has 0 fully saturated rings. The predicted molar refractivity (Wildman–Crippen MR) is 93.1 cm³/mol. The molecular formula is C14H19N5O3S2. The van der Waals surface area contributed by atoms with Crippen LogP contribution in [-0.2, 0) is 28.4 Å². The lowest BCUT2D eigenvalue weighted by molar-refractivity contribution is -0.115. The van der Waals surface area contributed by atoms with Gasteiger partial charge in [-0.2, -0.15) is 0 Å². The minimum Gasteiger partial charge on any atom is -0.369 e. The van der Waals surface area contributed by atoms with Crippen molar-refractivity contribution in [1.29, 1.82) is 0 Å². The van der Waals surface area contributed by atoms with Crippen LogP contribution in [0.4, 0.5) is 5.69 Å². The van der Waals surface area contributed by atoms with Crippen molar-refractivity contribution in [2.45, 2.75) is 18.6 Å². The smallest absolute Gasteiger partial charge is 0.232 e. The van der Waals surface area contributed by atoms with Gasteiger partial charge in [0.05, 0.1) is 24.2 Å². The van der Waals surface area contributed by atoms with Crippen molar-refractivity contribution in [3.05, 3.63) is 35.7 Å². The monoisotopic (exact) mass is 369 g/mol. The zero-order valence-corrected chi connectivity index (χ0v) is 15.3. The normalized spacial score (nSPS) is 11.5. The molecule has 2 rings (SSSR count). The number of aryl methyl sites for hydroxylation is 1. The van der Waals surface area contributed by atoms with Crippen molar-refractivity contribution in [3.8, 4) is 0 Å². The van der Waals surface area contributed by atoms with Gasteiger partial charge >= 0.3 is 0 Å². The Balaban J connectivity index is 2.28. The maximum Gasteiger partial charge on any atom is 0.232 e. The number of primary amides is 1. The molecule has 1 aromatic heterocycles. The zero-order valence-electron chi connectivity index (χ0n) is 13.6. The summed E-state index contributed by atoms with van der Waals surface area (Å²) in [5.74, 6) is 0.0923. The van der Waals surface area contributed by atoms with Crippen LogP contribution in [0.5, 0.6) is 0 Å². The summed E-state index contributed by atoms with van der Waals surface area (Å²) in [7, 11) is -1.77. The van der Waals surface area contributed by atoms with Crippen molar-refractivity contribution in [2.24, 2.45) is 12.8 Å². The Kier molecular flexibility index (Phi) is 5.50. The van der Waals surface area contributed by atoms with Crippen molar-refractivity contribution < 1.29 is 13.2 Å². The maximum atomic E-state index is 12.2. The highest BCUT2D eigenvalue weighted by Crippen LogP contribution is 2.22. The average molecular weight is 369 g/mol. The standard InChI is InChI=1S/C14H19N5O3S2/c1-10-4-6-11(7-5-10)19(24(3,21)22)8-13-16-17-14(18(13)2)23-9-12(15)20/h4-7H,8-9H2,1-3H3,(H2,15,20). The van der Waals surface area contributed by atoms with Gasteiger partial charge < -0.3 is 10.3 Å². The minimum atomic E-state index is -3.49. The van der Waals surface area contributed by atoms with E-state index in [1.54, 1.807) is 23.7 Å². The van der Waals surface area contributed by atoms with Crippen LogP contribution in [0, 0.1) is 6.92 Å². The third-order valence-electron chi connectivity index (χ3n) is 3.28. The van der Waals surface area contributed by atoms with Gasteiger partial charge in [0.1, 0.15) is 0 Å². The van der Waals surface area contributed by atoms with Gasteiger partial charge in [-0.05, 0) is 19.1 Å². The van der Waals surface area contributed by atoms with Crippen LogP contribution in [0.1, 0.15) is 11.4 Å². The highest BCUT2D eigenvalue weighted by atomic mass is 32.2. The molecule has 0 spiro atoms. The van der Waals surface area contributed by atoms with E-state index < -0.39 is 15.9 Å². The molecule has 1 aromatic carbocycles. The summed E-state index contributed by atoms with van der Waals surface area (Å²) in [5.41, 5.74) is 6.71. The highest BCUT2D eigenvalue weighted by molar-refractivity contribution is 7.99. The Hall–Kier alpha value is -2.07. The van der Waals surface area contributed by atoms with Gasteiger partial charge in [0, 0.05) is 7.05 Å². The second kappa shape index (κ2) is 7.22. The Bertz CT molecular complexity index is 831. The summed E-state index contributed by atoms with van der Waals surface area (Å²) in [6.07, 6.45) is 1.14. The van der Waals surface area contributed by atoms with E-state index in [2.05, 4.69) is 10.2 Å². The molecule has 10 heteroatoms. The Morgan fingerprint density at radius 1 is 1.29 bits per heavy atom. The molecule has 0 aliphatic rings. The second-order valence-electron chi connectivity index (χ2n) is 5.32. The topological polar surface area (TPSA) is 111 Å². The molecule has 0 unspecified atom stereocenters. The molecule has 8 nitrogen and oxygen atoms in total. The van der Waals surface area contributed by atoms with Gasteiger partial charge in [0.25, 0.3) is 0 Å². The minimum absolute atomic E-state index is 0.0442. The van der Waals surface area contributed by atoms with E-state index in [0.717, 1.165) is 23.6 Å². The SMILES string of the molecule is Cc1ccc(N(Cc2nnc(SCC(N)=O)n2C)S(C)(=O)=O)cc1. The van der Waals surface area contributed by atoms with E-state index in [4.69, 9.17) is 5.73 Å². The fourth-order valence-electron chi connectivity index (χ4n) is 1.98. The van der Waals surface area contributed by atoms with Crippen LogP contribution in [-0.4, -0.2) is 41.1 Å². The third-order valence-corrected chi connectivity index (χ3v) is 5.46. The van der Waals surface area contributed by atoms with Crippen LogP contribution in [0.3, 0.4) is 0 Å². The molecule has 0 aliphatic heterocycles. The van der Waals surface area contributed by atoms with E-state index in [1.807, 2.05) is 19.1 Å². The summed E-state index contributed by atoms with van der Waals surface area (Å²) in [6.45, 7) is 1.97. The molecule has 0 saturated heterocycles. The molecule has 0 atom stereocenters. The molecule has 0 bridgehead atoms. The zero-order chi connectivity index (χ0) is 17.9. The number of hydrogen-bond acceptors (Lipinski definition) is 6. The summed E-state index contributed by atoms with van der Waals surface area (Å²) in [5, 5.41) is 8.50. The summed E-state index contributed by atoms with van der Waals surface area (Å²) in [4.78, 5) is 10.9. The largest absolute Gasteiger partial charge is 0.369 e. The van der Waals surface area contributed by atoms with E-state index in [0.29, 0.717) is 16.7 Å². The van der Waals surface area contributed by atoms with Crippen LogP contribution < -0.4 is 10.0 Å². The van der Waals surface area contributed by atoms with E-state index in [-0.39, 0.29) is 12.3 Å². The lowest BCUT2D eigenvalue weighted by atomic mass is 10.2. The summed E-state index contributed by atoms with van der Waals surface area (Å²) < 4.78 is 27.2. The second-order valence-corrected chi connectivity index (χ2v) is 8.17. The predicted octanol–water partition coefficient (Wildman–Crippen LogP) is 0.667. The van der Waals surface area contributed by atoms with Gasteiger partial charge in [0.2, 0.25) is 15.9 Å². The first-order valence-electron chi connectivity index (χ1n) is 7.02. The lowest BCUT2D eigenvalue weighted by Gasteiger charge is -2.22. The van der Waals surface area contributed by atoms with Crippen LogP contribution in [0.15, 0.2) is 29.4 Å². The third kappa shape index (κ3) is 4.48. The lowest BCUT2D eigenvalue weighted by Crippen LogP contribution is -2.30. The first kappa shape index (κ1) is 18.3. The number of aromatic nitrogens is 3. The van der Waals surface area contributed by atoms with Gasteiger partial charge in [-0.3, -0.25) is 9.10 Å². The van der Waals surface area contributed by atoms with Crippen molar-refractivity contribution in [1.82, 2.24) is 14.8 Å². The number of carbonyl (C=O) groups is 1. The molecule has 0 radical (unpaired) electrons. The number of nitrogens with zero attached hydrogens (tertiary/aromatic N) is 4. The van der Waals surface area contributed by atoms with Crippen LogP contribution in [0.2, 0.25) is 0 Å². The fraction of sp³-hybridized carbons (Fsp3) is 0.357. The van der Waals surface area contributed by atoms with E-state index in [9.17, 15) is 13.2 Å². The highest BCUT2D eigenvalue weighted by Gasteiger charge is 2.21. The molecule has 1 heterocycles. The van der Waals surface area contributed by atoms with Crippen LogP contribution >= 0.6 is 11.8 Å². The molecule has 130 valence electrons. The summed E-state index contributed by atoms with van der Waals surface area (Å²) in [6, 6.07) is 7.18. The molecule has 24 heavy (non-hydrogen) atoms. The maximum absolute atomic E-state index is 12.2. The number of anilines is 1. The average Bonchev–Trinajstić information content (AvgIpc) is 2.83. The number of rotatable bonds is 7. The first-order chi connectivity index (χ1) is 11.2. The van der Waals surface area contributed by atoms with Gasteiger partial charge in [-0.25, -0.2) is 8.42 Å². The van der Waals surface area contributed by atoms with Crippen molar-refractivity contribution >= 4 is 33.4 Å². The van der Waals surface area contributed by atoms with Crippen molar-refractivity contribution in [3.63, 3.8) is 0 Å². The Morgan fingerprint density at radius 2 is 1.92 bits per heavy atom. The number of sulfonamides is 1. The van der Waals surface area contributed by atoms with E-state index in [1.165, 1.54) is 4.31 Å².